The minimum atomic E-state index is -0.599. The number of ketones is 1. The van der Waals surface area contributed by atoms with Gasteiger partial charge in [-0.3, -0.25) is 9.59 Å². The lowest BCUT2D eigenvalue weighted by molar-refractivity contribution is -0.139. The van der Waals surface area contributed by atoms with E-state index < -0.39 is 17.7 Å². The summed E-state index contributed by atoms with van der Waals surface area (Å²) in [4.78, 5) is 27.9. The zero-order chi connectivity index (χ0) is 18.7. The second-order valence-electron chi connectivity index (χ2n) is 6.58. The highest BCUT2D eigenvalue weighted by atomic mass is 32.1. The highest BCUT2D eigenvalue weighted by Crippen LogP contribution is 2.41. The molecule has 1 saturated heterocycles. The summed E-state index contributed by atoms with van der Waals surface area (Å²) in [7, 11) is 0. The SMILES string of the molecule is CCCCCN1C(=O)C(=O)/C(=C(\O)c2ccc(C)cc2)C1c1cccs1. The first-order valence-electron chi connectivity index (χ1n) is 8.93. The average molecular weight is 369 g/mol. The fraction of sp³-hybridized carbons (Fsp3) is 0.333. The zero-order valence-electron chi connectivity index (χ0n) is 15.1. The molecule has 3 rings (SSSR count). The van der Waals surface area contributed by atoms with Gasteiger partial charge in [-0.2, -0.15) is 0 Å². The average Bonchev–Trinajstić information content (AvgIpc) is 3.24. The van der Waals surface area contributed by atoms with Crippen molar-refractivity contribution in [2.75, 3.05) is 6.54 Å². The summed E-state index contributed by atoms with van der Waals surface area (Å²) in [6.07, 6.45) is 2.88. The van der Waals surface area contributed by atoms with Gasteiger partial charge < -0.3 is 10.0 Å². The Bertz CT molecular complexity index is 821. The van der Waals surface area contributed by atoms with E-state index in [1.165, 1.54) is 11.3 Å². The predicted octanol–water partition coefficient (Wildman–Crippen LogP) is 4.67. The van der Waals surface area contributed by atoms with E-state index in [2.05, 4.69) is 6.92 Å². The lowest BCUT2D eigenvalue weighted by Crippen LogP contribution is -2.30. The number of amides is 1. The maximum absolute atomic E-state index is 12.7. The Morgan fingerprint density at radius 1 is 1.15 bits per heavy atom. The van der Waals surface area contributed by atoms with Gasteiger partial charge in [0, 0.05) is 17.0 Å². The molecule has 1 unspecified atom stereocenters. The highest BCUT2D eigenvalue weighted by Gasteiger charge is 2.46. The first-order valence-corrected chi connectivity index (χ1v) is 9.81. The van der Waals surface area contributed by atoms with Crippen LogP contribution < -0.4 is 0 Å². The number of aryl methyl sites for hydroxylation is 1. The van der Waals surface area contributed by atoms with Crippen LogP contribution in [0.4, 0.5) is 0 Å². The third-order valence-electron chi connectivity index (χ3n) is 4.68. The topological polar surface area (TPSA) is 57.6 Å². The monoisotopic (exact) mass is 369 g/mol. The molecule has 1 aromatic carbocycles. The summed E-state index contributed by atoms with van der Waals surface area (Å²) in [5.41, 5.74) is 1.82. The number of hydrogen-bond donors (Lipinski definition) is 1. The van der Waals surface area contributed by atoms with Crippen molar-refractivity contribution in [2.45, 2.75) is 39.2 Å². The van der Waals surface area contributed by atoms with E-state index in [4.69, 9.17) is 0 Å². The van der Waals surface area contributed by atoms with Crippen LogP contribution in [0.15, 0.2) is 47.4 Å². The van der Waals surface area contributed by atoms with Gasteiger partial charge in [-0.05, 0) is 24.8 Å². The van der Waals surface area contributed by atoms with Crippen molar-refractivity contribution in [3.8, 4) is 0 Å². The van der Waals surface area contributed by atoms with Crippen LogP contribution in [-0.2, 0) is 9.59 Å². The normalized spacial score (nSPS) is 19.3. The van der Waals surface area contributed by atoms with Crippen molar-refractivity contribution in [3.05, 3.63) is 63.4 Å². The Kier molecular flexibility index (Phi) is 5.57. The number of Topliss-reactive ketones (excluding diaryl/α,β-unsaturated/α-hetero) is 1. The number of aliphatic hydroxyl groups is 1. The van der Waals surface area contributed by atoms with E-state index in [-0.39, 0.29) is 11.3 Å². The second-order valence-corrected chi connectivity index (χ2v) is 7.56. The third kappa shape index (κ3) is 3.44. The smallest absolute Gasteiger partial charge is 0.295 e. The number of thiophene rings is 1. The van der Waals surface area contributed by atoms with Gasteiger partial charge in [-0.15, -0.1) is 11.3 Å². The molecule has 1 atom stereocenters. The molecule has 1 aromatic heterocycles. The maximum atomic E-state index is 12.7. The first-order chi connectivity index (χ1) is 12.5. The molecular formula is C21H23NO3S. The summed E-state index contributed by atoms with van der Waals surface area (Å²) in [6, 6.07) is 10.6. The van der Waals surface area contributed by atoms with Gasteiger partial charge in [0.05, 0.1) is 11.6 Å². The molecule has 0 spiro atoms. The van der Waals surface area contributed by atoms with Crippen LogP contribution in [0.3, 0.4) is 0 Å². The number of hydrogen-bond acceptors (Lipinski definition) is 4. The number of carbonyl (C=O) groups excluding carboxylic acids is 2. The number of likely N-dealkylation sites (tertiary alicyclic amines) is 1. The van der Waals surface area contributed by atoms with Gasteiger partial charge >= 0.3 is 0 Å². The third-order valence-corrected chi connectivity index (χ3v) is 5.60. The minimum absolute atomic E-state index is 0.0975. The fourth-order valence-electron chi connectivity index (χ4n) is 3.25. The largest absolute Gasteiger partial charge is 0.507 e. The molecule has 1 aliphatic rings. The Balaban J connectivity index is 2.06. The van der Waals surface area contributed by atoms with Gasteiger partial charge in [0.2, 0.25) is 0 Å². The van der Waals surface area contributed by atoms with Crippen molar-refractivity contribution in [1.82, 2.24) is 4.90 Å². The molecule has 136 valence electrons. The predicted molar refractivity (Wildman–Crippen MR) is 104 cm³/mol. The summed E-state index contributed by atoms with van der Waals surface area (Å²) >= 11 is 1.49. The minimum Gasteiger partial charge on any atom is -0.507 e. The summed E-state index contributed by atoms with van der Waals surface area (Å²) in [5.74, 6) is -1.22. The molecule has 4 nitrogen and oxygen atoms in total. The molecular weight excluding hydrogens is 346 g/mol. The number of nitrogens with zero attached hydrogens (tertiary/aromatic N) is 1. The summed E-state index contributed by atoms with van der Waals surface area (Å²) in [6.45, 7) is 4.58. The van der Waals surface area contributed by atoms with E-state index in [1.807, 2.05) is 36.6 Å². The van der Waals surface area contributed by atoms with Crippen LogP contribution in [0.2, 0.25) is 0 Å². The molecule has 5 heteroatoms. The standard InChI is InChI=1S/C21H23NO3S/c1-3-4-5-12-22-18(16-7-6-13-26-16)17(20(24)21(22)25)19(23)15-10-8-14(2)9-11-15/h6-11,13,18,23H,3-5,12H2,1-2H3/b19-17-. The molecule has 1 fully saturated rings. The summed E-state index contributed by atoms with van der Waals surface area (Å²) < 4.78 is 0. The van der Waals surface area contributed by atoms with Gasteiger partial charge in [-0.25, -0.2) is 0 Å². The lowest BCUT2D eigenvalue weighted by Gasteiger charge is -2.24. The van der Waals surface area contributed by atoms with Gasteiger partial charge in [-0.1, -0.05) is 55.7 Å². The first kappa shape index (κ1) is 18.4. The molecule has 1 amide bonds. The van der Waals surface area contributed by atoms with Gasteiger partial charge in [0.25, 0.3) is 11.7 Å². The molecule has 1 N–H and O–H groups in total. The number of aliphatic hydroxyl groups excluding tert-OH is 1. The molecule has 1 aliphatic heterocycles. The van der Waals surface area contributed by atoms with Crippen molar-refractivity contribution >= 4 is 28.8 Å². The zero-order valence-corrected chi connectivity index (χ0v) is 15.9. The molecule has 0 aliphatic carbocycles. The number of benzene rings is 1. The molecule has 26 heavy (non-hydrogen) atoms. The quantitative estimate of drug-likeness (QED) is 0.348. The van der Waals surface area contributed by atoms with Gasteiger partial charge in [0.1, 0.15) is 5.76 Å². The number of rotatable bonds is 6. The van der Waals surface area contributed by atoms with Gasteiger partial charge in [0.15, 0.2) is 0 Å². The van der Waals surface area contributed by atoms with Crippen molar-refractivity contribution in [1.29, 1.82) is 0 Å². The van der Waals surface area contributed by atoms with Crippen molar-refractivity contribution < 1.29 is 14.7 Å². The molecule has 2 aromatic rings. The molecule has 2 heterocycles. The van der Waals surface area contributed by atoms with Crippen LogP contribution in [0, 0.1) is 6.92 Å². The highest BCUT2D eigenvalue weighted by molar-refractivity contribution is 7.10. The molecule has 0 radical (unpaired) electrons. The van der Waals surface area contributed by atoms with E-state index in [9.17, 15) is 14.7 Å². The van der Waals surface area contributed by atoms with Crippen LogP contribution >= 0.6 is 11.3 Å². The number of carbonyl (C=O) groups is 2. The Hall–Kier alpha value is -2.40. The van der Waals surface area contributed by atoms with Crippen LogP contribution in [0.5, 0.6) is 0 Å². The van der Waals surface area contributed by atoms with Crippen molar-refractivity contribution in [3.63, 3.8) is 0 Å². The van der Waals surface area contributed by atoms with Crippen LogP contribution in [0.25, 0.3) is 5.76 Å². The van der Waals surface area contributed by atoms with Crippen molar-refractivity contribution in [2.24, 2.45) is 0 Å². The second kappa shape index (κ2) is 7.87. The lowest BCUT2D eigenvalue weighted by atomic mass is 9.99. The van der Waals surface area contributed by atoms with Crippen LogP contribution in [0.1, 0.15) is 48.2 Å². The Labute approximate surface area is 157 Å². The van der Waals surface area contributed by atoms with E-state index in [0.29, 0.717) is 12.1 Å². The fourth-order valence-corrected chi connectivity index (χ4v) is 4.10. The summed E-state index contributed by atoms with van der Waals surface area (Å²) in [5, 5.41) is 12.8. The molecule has 0 saturated carbocycles. The maximum Gasteiger partial charge on any atom is 0.295 e. The molecule has 0 bridgehead atoms. The Morgan fingerprint density at radius 2 is 1.88 bits per heavy atom. The number of unbranched alkanes of at least 4 members (excludes halogenated alkanes) is 2. The van der Waals surface area contributed by atoms with Crippen LogP contribution in [-0.4, -0.2) is 28.2 Å². The van der Waals surface area contributed by atoms with E-state index in [1.54, 1.807) is 17.0 Å². The van der Waals surface area contributed by atoms with E-state index >= 15 is 0 Å². The van der Waals surface area contributed by atoms with E-state index in [0.717, 1.165) is 29.7 Å². The Morgan fingerprint density at radius 3 is 2.50 bits per heavy atom.